The largest absolute Gasteiger partial charge is 0.329 e. The minimum absolute atomic E-state index is 0.00635. The van der Waals surface area contributed by atoms with E-state index in [1.807, 2.05) is 64.9 Å². The highest BCUT2D eigenvalue weighted by atomic mass is 32.1. The predicted octanol–water partition coefficient (Wildman–Crippen LogP) is 6.00. The first-order chi connectivity index (χ1) is 18.2. The van der Waals surface area contributed by atoms with Crippen molar-refractivity contribution in [2.45, 2.75) is 13.1 Å². The van der Waals surface area contributed by atoms with E-state index in [0.29, 0.717) is 25.2 Å². The van der Waals surface area contributed by atoms with Gasteiger partial charge in [-0.2, -0.15) is 0 Å². The molecule has 5 heterocycles. The second kappa shape index (κ2) is 9.02. The summed E-state index contributed by atoms with van der Waals surface area (Å²) in [5, 5.41) is 14.8. The lowest BCUT2D eigenvalue weighted by atomic mass is 10.1. The molecule has 0 aliphatic carbocycles. The van der Waals surface area contributed by atoms with E-state index in [-0.39, 0.29) is 5.91 Å². The van der Waals surface area contributed by atoms with E-state index in [1.54, 1.807) is 22.7 Å². The van der Waals surface area contributed by atoms with Crippen molar-refractivity contribution in [2.75, 3.05) is 6.54 Å². The van der Waals surface area contributed by atoms with Gasteiger partial charge in [0.2, 0.25) is 0 Å². The molecule has 2 aromatic carbocycles. The topological polar surface area (TPSA) is 76.8 Å². The van der Waals surface area contributed by atoms with Crippen molar-refractivity contribution in [3.63, 3.8) is 0 Å². The van der Waals surface area contributed by atoms with Crippen LogP contribution in [0.4, 0.5) is 0 Å². The van der Waals surface area contributed by atoms with Gasteiger partial charge in [-0.25, -0.2) is 9.97 Å². The quantitative estimate of drug-likeness (QED) is 0.285. The molecule has 0 N–H and O–H groups in total. The molecule has 0 atom stereocenters. The molecule has 0 spiro atoms. The van der Waals surface area contributed by atoms with Crippen LogP contribution in [0.2, 0.25) is 0 Å². The number of nitrogens with zero attached hydrogens (tertiary/aromatic N) is 6. The number of rotatable bonds is 4. The van der Waals surface area contributed by atoms with Crippen LogP contribution in [0.1, 0.15) is 16.2 Å². The summed E-state index contributed by atoms with van der Waals surface area (Å²) < 4.78 is 2.07. The molecule has 37 heavy (non-hydrogen) atoms. The molecule has 9 heteroatoms. The fourth-order valence-corrected chi connectivity index (χ4v) is 6.10. The molecule has 7 rings (SSSR count). The molecule has 1 aliphatic heterocycles. The smallest absolute Gasteiger partial charge is 0.254 e. The van der Waals surface area contributed by atoms with Gasteiger partial charge in [-0.15, -0.1) is 32.9 Å². The number of thiophene rings is 1. The third-order valence-corrected chi connectivity index (χ3v) is 8.31. The molecule has 0 bridgehead atoms. The first kappa shape index (κ1) is 22.0. The van der Waals surface area contributed by atoms with Gasteiger partial charge in [0.05, 0.1) is 17.8 Å². The van der Waals surface area contributed by atoms with Crippen molar-refractivity contribution < 1.29 is 4.79 Å². The van der Waals surface area contributed by atoms with Crippen molar-refractivity contribution in [3.8, 4) is 32.7 Å². The molecule has 0 saturated carbocycles. The van der Waals surface area contributed by atoms with E-state index in [9.17, 15) is 4.79 Å². The van der Waals surface area contributed by atoms with Gasteiger partial charge in [-0.3, -0.25) is 4.79 Å². The van der Waals surface area contributed by atoms with E-state index in [0.717, 1.165) is 44.5 Å². The SMILES string of the molecule is O=C(c1ccc(-c2cccs2)cc1)N1CCn2c(nnc2-c2csc(-c3ccc4ccccc4n3)n2)C1. The minimum atomic E-state index is 0.00635. The summed E-state index contributed by atoms with van der Waals surface area (Å²) in [6.07, 6.45) is 0. The molecule has 0 radical (unpaired) electrons. The first-order valence-corrected chi connectivity index (χ1v) is 13.7. The van der Waals surface area contributed by atoms with Gasteiger partial charge in [0.15, 0.2) is 11.6 Å². The van der Waals surface area contributed by atoms with Crippen molar-refractivity contribution in [3.05, 3.63) is 94.9 Å². The number of fused-ring (bicyclic) bond motifs is 2. The van der Waals surface area contributed by atoms with Gasteiger partial charge in [-0.05, 0) is 41.3 Å². The zero-order valence-corrected chi connectivity index (χ0v) is 21.2. The summed E-state index contributed by atoms with van der Waals surface area (Å²) in [5.41, 5.74) is 4.37. The number of aromatic nitrogens is 5. The fourth-order valence-electron chi connectivity index (χ4n) is 4.60. The summed E-state index contributed by atoms with van der Waals surface area (Å²) in [6.45, 7) is 1.63. The number of hydrogen-bond donors (Lipinski definition) is 0. The van der Waals surface area contributed by atoms with Gasteiger partial charge in [-0.1, -0.05) is 42.5 Å². The van der Waals surface area contributed by atoms with E-state index < -0.39 is 0 Å². The minimum Gasteiger partial charge on any atom is -0.329 e. The van der Waals surface area contributed by atoms with Crippen molar-refractivity contribution in [1.82, 2.24) is 29.6 Å². The number of benzene rings is 2. The van der Waals surface area contributed by atoms with E-state index in [1.165, 1.54) is 4.88 Å². The predicted molar refractivity (Wildman–Crippen MR) is 146 cm³/mol. The van der Waals surface area contributed by atoms with Crippen LogP contribution >= 0.6 is 22.7 Å². The first-order valence-electron chi connectivity index (χ1n) is 11.9. The lowest BCUT2D eigenvalue weighted by Gasteiger charge is -2.27. The molecular weight excluding hydrogens is 500 g/mol. The maximum Gasteiger partial charge on any atom is 0.254 e. The normalized spacial score (nSPS) is 13.1. The van der Waals surface area contributed by atoms with Gasteiger partial charge < -0.3 is 9.47 Å². The van der Waals surface area contributed by atoms with Gasteiger partial charge in [0, 0.05) is 34.3 Å². The van der Waals surface area contributed by atoms with Crippen LogP contribution in [0.25, 0.3) is 43.6 Å². The lowest BCUT2D eigenvalue weighted by molar-refractivity contribution is 0.0708. The molecule has 0 saturated heterocycles. The molecule has 1 amide bonds. The number of carbonyl (C=O) groups is 1. The Morgan fingerprint density at radius 3 is 2.57 bits per heavy atom. The number of hydrogen-bond acceptors (Lipinski definition) is 7. The number of carbonyl (C=O) groups excluding carboxylic acids is 1. The maximum absolute atomic E-state index is 13.2. The second-order valence-electron chi connectivity index (χ2n) is 8.80. The Balaban J connectivity index is 1.10. The Morgan fingerprint density at radius 1 is 0.811 bits per heavy atom. The number of para-hydroxylation sites is 1. The number of thiazole rings is 1. The van der Waals surface area contributed by atoms with Crippen LogP contribution in [0, 0.1) is 0 Å². The molecule has 7 nitrogen and oxygen atoms in total. The Bertz CT molecular complexity index is 1740. The number of pyridine rings is 1. The third kappa shape index (κ3) is 4.02. The highest BCUT2D eigenvalue weighted by molar-refractivity contribution is 7.13. The average Bonchev–Trinajstić information content (AvgIpc) is 3.73. The zero-order chi connectivity index (χ0) is 24.8. The summed E-state index contributed by atoms with van der Waals surface area (Å²) in [5.74, 6) is 1.50. The molecule has 1 aliphatic rings. The Morgan fingerprint density at radius 2 is 1.70 bits per heavy atom. The Labute approximate surface area is 220 Å². The van der Waals surface area contributed by atoms with Crippen molar-refractivity contribution in [2.24, 2.45) is 0 Å². The molecule has 0 unspecified atom stereocenters. The molecule has 4 aromatic heterocycles. The Hall–Kier alpha value is -4.21. The fraction of sp³-hybridized carbons (Fsp3) is 0.107. The van der Waals surface area contributed by atoms with Crippen LogP contribution in [-0.4, -0.2) is 42.1 Å². The average molecular weight is 521 g/mol. The standard InChI is InChI=1S/C28H20N6OS2/c35-28(20-9-7-19(8-10-20)24-6-3-15-36-24)33-13-14-34-25(16-33)31-32-26(34)23-17-37-27(30-23)22-12-11-18-4-1-2-5-21(18)29-22/h1-12,15,17H,13-14,16H2. The Kier molecular flexibility index (Phi) is 5.37. The molecule has 180 valence electrons. The van der Waals surface area contributed by atoms with E-state index in [2.05, 4.69) is 38.3 Å². The van der Waals surface area contributed by atoms with Crippen LogP contribution in [0.5, 0.6) is 0 Å². The van der Waals surface area contributed by atoms with E-state index in [4.69, 9.17) is 9.97 Å². The van der Waals surface area contributed by atoms with Gasteiger partial charge >= 0.3 is 0 Å². The highest BCUT2D eigenvalue weighted by Gasteiger charge is 2.26. The lowest BCUT2D eigenvalue weighted by Crippen LogP contribution is -2.38. The summed E-state index contributed by atoms with van der Waals surface area (Å²) in [6, 6.07) is 24.1. The molecular formula is C28H20N6OS2. The van der Waals surface area contributed by atoms with Crippen molar-refractivity contribution in [1.29, 1.82) is 0 Å². The second-order valence-corrected chi connectivity index (χ2v) is 10.6. The van der Waals surface area contributed by atoms with E-state index >= 15 is 0 Å². The van der Waals surface area contributed by atoms with Crippen molar-refractivity contribution >= 4 is 39.5 Å². The van der Waals surface area contributed by atoms with Gasteiger partial charge in [0.25, 0.3) is 5.91 Å². The zero-order valence-electron chi connectivity index (χ0n) is 19.6. The maximum atomic E-state index is 13.2. The van der Waals surface area contributed by atoms with Crippen LogP contribution in [0.15, 0.2) is 83.6 Å². The number of amides is 1. The third-order valence-electron chi connectivity index (χ3n) is 6.53. The highest BCUT2D eigenvalue weighted by Crippen LogP contribution is 2.30. The molecule has 0 fully saturated rings. The summed E-state index contributed by atoms with van der Waals surface area (Å²) >= 11 is 3.23. The van der Waals surface area contributed by atoms with Gasteiger partial charge in [0.1, 0.15) is 10.7 Å². The summed E-state index contributed by atoms with van der Waals surface area (Å²) in [4.78, 5) is 25.8. The van der Waals surface area contributed by atoms with Crippen LogP contribution in [0.3, 0.4) is 0 Å². The molecule has 6 aromatic rings. The van der Waals surface area contributed by atoms with Crippen LogP contribution in [-0.2, 0) is 13.1 Å². The summed E-state index contributed by atoms with van der Waals surface area (Å²) in [7, 11) is 0. The monoisotopic (exact) mass is 520 g/mol. The van der Waals surface area contributed by atoms with Crippen LogP contribution < -0.4 is 0 Å².